The summed E-state index contributed by atoms with van der Waals surface area (Å²) < 4.78 is 22.5. The number of halogens is 1. The van der Waals surface area contributed by atoms with E-state index in [0.717, 1.165) is 0 Å². The smallest absolute Gasteiger partial charge is 0.240 e. The summed E-state index contributed by atoms with van der Waals surface area (Å²) in [4.78, 5) is 11.3. The molecule has 0 spiro atoms. The minimum atomic E-state index is -3.79. The first-order valence-electron chi connectivity index (χ1n) is 4.91. The van der Waals surface area contributed by atoms with Crippen molar-refractivity contribution in [3.63, 3.8) is 0 Å². The van der Waals surface area contributed by atoms with Crippen LogP contribution in [-0.2, 0) is 14.8 Å². The second kappa shape index (κ2) is 6.14. The Morgan fingerprint density at radius 2 is 1.94 bits per heavy atom. The lowest BCUT2D eigenvalue weighted by Gasteiger charge is -2.10. The Morgan fingerprint density at radius 3 is 2.39 bits per heavy atom. The minimum Gasteiger partial charge on any atom is -0.325 e. The van der Waals surface area contributed by atoms with Gasteiger partial charge in [-0.3, -0.25) is 4.79 Å². The number of aryl methyl sites for hydroxylation is 1. The molecule has 0 radical (unpaired) electrons. The molecule has 1 aromatic carbocycles. The van der Waals surface area contributed by atoms with Crippen molar-refractivity contribution in [2.75, 3.05) is 5.32 Å². The maximum Gasteiger partial charge on any atom is 0.240 e. The molecule has 1 amide bonds. The summed E-state index contributed by atoms with van der Waals surface area (Å²) in [6.45, 7) is 3.15. The largest absolute Gasteiger partial charge is 0.325 e. The van der Waals surface area contributed by atoms with E-state index in [9.17, 15) is 13.2 Å². The van der Waals surface area contributed by atoms with Gasteiger partial charge in [-0.1, -0.05) is 6.07 Å². The molecular formula is C10H16ClN3O3S. The standard InChI is InChI=1S/C10H15N3O3S.ClH/c1-6-3-4-8(13-10(14)7(2)11)5-9(6)17(12,15)16;/h3-5,7H,11H2,1-2H3,(H,13,14)(H2,12,15,16);1H/t7-;/m1./s1. The number of carbonyl (C=O) groups is 1. The number of anilines is 1. The maximum atomic E-state index is 11.3. The first-order valence-corrected chi connectivity index (χ1v) is 6.46. The number of sulfonamides is 1. The van der Waals surface area contributed by atoms with Gasteiger partial charge in [0.1, 0.15) is 0 Å². The first-order chi connectivity index (χ1) is 7.71. The minimum absolute atomic E-state index is 0. The maximum absolute atomic E-state index is 11.3. The average molecular weight is 294 g/mol. The van der Waals surface area contributed by atoms with E-state index in [1.807, 2.05) is 0 Å². The van der Waals surface area contributed by atoms with Crippen LogP contribution >= 0.6 is 12.4 Å². The van der Waals surface area contributed by atoms with Crippen LogP contribution in [0.1, 0.15) is 12.5 Å². The van der Waals surface area contributed by atoms with Crippen LogP contribution in [0.2, 0.25) is 0 Å². The number of nitrogens with one attached hydrogen (secondary N) is 1. The summed E-state index contributed by atoms with van der Waals surface area (Å²) in [7, 11) is -3.79. The Bertz CT molecular complexity index is 543. The van der Waals surface area contributed by atoms with Gasteiger partial charge in [-0.15, -0.1) is 12.4 Å². The van der Waals surface area contributed by atoms with E-state index >= 15 is 0 Å². The van der Waals surface area contributed by atoms with Crippen molar-refractivity contribution in [3.05, 3.63) is 23.8 Å². The fraction of sp³-hybridized carbons (Fsp3) is 0.300. The van der Waals surface area contributed by atoms with Gasteiger partial charge in [-0.2, -0.15) is 0 Å². The first kappa shape index (κ1) is 16.9. The van der Waals surface area contributed by atoms with E-state index in [4.69, 9.17) is 10.9 Å². The molecule has 102 valence electrons. The molecule has 0 saturated carbocycles. The van der Waals surface area contributed by atoms with E-state index < -0.39 is 22.0 Å². The van der Waals surface area contributed by atoms with Crippen LogP contribution < -0.4 is 16.2 Å². The fourth-order valence-corrected chi connectivity index (χ4v) is 2.05. The molecule has 0 aliphatic heterocycles. The van der Waals surface area contributed by atoms with E-state index in [0.29, 0.717) is 11.3 Å². The van der Waals surface area contributed by atoms with E-state index in [1.165, 1.54) is 13.0 Å². The van der Waals surface area contributed by atoms with Gasteiger partial charge in [0.2, 0.25) is 15.9 Å². The lowest BCUT2D eigenvalue weighted by Crippen LogP contribution is -2.32. The summed E-state index contributed by atoms with van der Waals surface area (Å²) in [6, 6.07) is 3.79. The Balaban J connectivity index is 0.00000289. The Hall–Kier alpha value is -1.15. The fourth-order valence-electron chi connectivity index (χ4n) is 1.24. The molecule has 6 nitrogen and oxygen atoms in total. The van der Waals surface area contributed by atoms with Crippen LogP contribution in [0, 0.1) is 6.92 Å². The van der Waals surface area contributed by atoms with Gasteiger partial charge in [0.25, 0.3) is 0 Å². The van der Waals surface area contributed by atoms with Crippen LogP contribution in [0.15, 0.2) is 23.1 Å². The van der Waals surface area contributed by atoms with Gasteiger partial charge in [0.15, 0.2) is 0 Å². The molecule has 0 bridgehead atoms. The number of nitrogens with two attached hydrogens (primary N) is 2. The van der Waals surface area contributed by atoms with Crippen LogP contribution in [0.5, 0.6) is 0 Å². The number of carbonyl (C=O) groups excluding carboxylic acids is 1. The topological polar surface area (TPSA) is 115 Å². The molecular weight excluding hydrogens is 278 g/mol. The van der Waals surface area contributed by atoms with Crippen molar-refractivity contribution >= 4 is 34.0 Å². The molecule has 0 fully saturated rings. The molecule has 0 aliphatic rings. The highest BCUT2D eigenvalue weighted by Gasteiger charge is 2.14. The third kappa shape index (κ3) is 4.26. The molecule has 5 N–H and O–H groups in total. The van der Waals surface area contributed by atoms with Crippen LogP contribution in [0.25, 0.3) is 0 Å². The highest BCUT2D eigenvalue weighted by atomic mass is 35.5. The van der Waals surface area contributed by atoms with Crippen LogP contribution in [-0.4, -0.2) is 20.4 Å². The highest BCUT2D eigenvalue weighted by Crippen LogP contribution is 2.18. The van der Waals surface area contributed by atoms with Crippen molar-refractivity contribution in [2.24, 2.45) is 10.9 Å². The third-order valence-corrected chi connectivity index (χ3v) is 3.23. The molecule has 1 atom stereocenters. The van der Waals surface area contributed by atoms with Crippen LogP contribution in [0.4, 0.5) is 5.69 Å². The molecule has 0 aromatic heterocycles. The molecule has 18 heavy (non-hydrogen) atoms. The van der Waals surface area contributed by atoms with Crippen molar-refractivity contribution in [1.29, 1.82) is 0 Å². The molecule has 0 saturated heterocycles. The summed E-state index contributed by atoms with van der Waals surface area (Å²) in [6.07, 6.45) is 0. The number of benzene rings is 1. The number of hydrogen-bond acceptors (Lipinski definition) is 4. The summed E-state index contributed by atoms with van der Waals surface area (Å²) in [5.41, 5.74) is 6.25. The van der Waals surface area contributed by atoms with Gasteiger partial charge < -0.3 is 11.1 Å². The van der Waals surface area contributed by atoms with Gasteiger partial charge in [-0.25, -0.2) is 13.6 Å². The zero-order chi connectivity index (χ0) is 13.2. The summed E-state index contributed by atoms with van der Waals surface area (Å²) in [5, 5.41) is 7.55. The second-order valence-electron chi connectivity index (χ2n) is 3.80. The average Bonchev–Trinajstić information content (AvgIpc) is 2.19. The summed E-state index contributed by atoms with van der Waals surface area (Å²) in [5.74, 6) is -0.394. The Labute approximate surface area is 112 Å². The molecule has 0 unspecified atom stereocenters. The second-order valence-corrected chi connectivity index (χ2v) is 5.33. The Kier molecular flexibility index (Phi) is 5.75. The van der Waals surface area contributed by atoms with Crippen molar-refractivity contribution < 1.29 is 13.2 Å². The zero-order valence-electron chi connectivity index (χ0n) is 10.0. The van der Waals surface area contributed by atoms with Crippen molar-refractivity contribution in [1.82, 2.24) is 0 Å². The number of amides is 1. The van der Waals surface area contributed by atoms with E-state index in [-0.39, 0.29) is 17.3 Å². The molecule has 1 rings (SSSR count). The van der Waals surface area contributed by atoms with Crippen molar-refractivity contribution in [2.45, 2.75) is 24.8 Å². The van der Waals surface area contributed by atoms with Gasteiger partial charge in [0.05, 0.1) is 10.9 Å². The highest BCUT2D eigenvalue weighted by molar-refractivity contribution is 7.89. The van der Waals surface area contributed by atoms with Gasteiger partial charge in [-0.05, 0) is 31.5 Å². The normalized spacial score (nSPS) is 12.4. The SMILES string of the molecule is Cc1ccc(NC(=O)[C@@H](C)N)cc1S(N)(=O)=O.Cl. The zero-order valence-corrected chi connectivity index (χ0v) is 11.6. The molecule has 0 aliphatic carbocycles. The quantitative estimate of drug-likeness (QED) is 0.745. The lowest BCUT2D eigenvalue weighted by molar-refractivity contribution is -0.117. The van der Waals surface area contributed by atoms with Crippen molar-refractivity contribution in [3.8, 4) is 0 Å². The predicted octanol–water partition coefficient (Wildman–Crippen LogP) is 0.350. The Morgan fingerprint density at radius 1 is 1.39 bits per heavy atom. The van der Waals surface area contributed by atoms with E-state index in [2.05, 4.69) is 5.32 Å². The van der Waals surface area contributed by atoms with Gasteiger partial charge >= 0.3 is 0 Å². The van der Waals surface area contributed by atoms with Gasteiger partial charge in [0, 0.05) is 5.69 Å². The molecule has 1 aromatic rings. The van der Waals surface area contributed by atoms with Crippen LogP contribution in [0.3, 0.4) is 0 Å². The van der Waals surface area contributed by atoms with E-state index in [1.54, 1.807) is 19.1 Å². The lowest BCUT2D eigenvalue weighted by atomic mass is 10.2. The number of primary sulfonamides is 1. The number of rotatable bonds is 3. The number of hydrogen-bond donors (Lipinski definition) is 3. The molecule has 0 heterocycles. The predicted molar refractivity (Wildman–Crippen MR) is 72.1 cm³/mol. The summed E-state index contributed by atoms with van der Waals surface area (Å²) >= 11 is 0. The monoisotopic (exact) mass is 293 g/mol. The molecule has 8 heteroatoms. The third-order valence-electron chi connectivity index (χ3n) is 2.18.